The largest absolute Gasteiger partial charge is 0.463 e. The number of nitrogens with zero attached hydrogens (tertiary/aromatic N) is 2. The zero-order chi connectivity index (χ0) is 12.1. The Bertz CT molecular complexity index is 498. The summed E-state index contributed by atoms with van der Waals surface area (Å²) in [4.78, 5) is 19.3. The molecule has 0 N–H and O–H groups in total. The molecule has 0 saturated carbocycles. The number of carbonyl (C=O) groups is 1. The average molecular weight is 250 g/mol. The van der Waals surface area contributed by atoms with Crippen molar-refractivity contribution in [1.29, 1.82) is 0 Å². The molecule has 88 valence electrons. The Balaban J connectivity index is 1.96. The molecule has 5 nitrogen and oxygen atoms in total. The number of methoxy groups -OCH3 is 1. The normalized spacial score (nSPS) is 10.2. The highest BCUT2D eigenvalue weighted by atomic mass is 32.2. The maximum atomic E-state index is 11.2. The summed E-state index contributed by atoms with van der Waals surface area (Å²) in [5.74, 6) is 0.984. The number of rotatable bonds is 4. The third-order valence-electron chi connectivity index (χ3n) is 1.93. The molecule has 0 aliphatic heterocycles. The van der Waals surface area contributed by atoms with E-state index in [1.807, 2.05) is 0 Å². The fourth-order valence-electron chi connectivity index (χ4n) is 1.16. The van der Waals surface area contributed by atoms with Crippen molar-refractivity contribution in [2.45, 2.75) is 10.9 Å². The molecule has 0 aliphatic carbocycles. The SMILES string of the molecule is COC(=O)c1ccc(CSc2ncccn2)o1. The van der Waals surface area contributed by atoms with Gasteiger partial charge in [0, 0.05) is 12.4 Å². The monoisotopic (exact) mass is 250 g/mol. The topological polar surface area (TPSA) is 65.2 Å². The Morgan fingerprint density at radius 1 is 1.41 bits per heavy atom. The van der Waals surface area contributed by atoms with Gasteiger partial charge in [0.05, 0.1) is 12.9 Å². The molecule has 0 atom stereocenters. The van der Waals surface area contributed by atoms with E-state index in [9.17, 15) is 4.79 Å². The molecule has 0 radical (unpaired) electrons. The van der Waals surface area contributed by atoms with Gasteiger partial charge in [-0.15, -0.1) is 0 Å². The Morgan fingerprint density at radius 2 is 2.18 bits per heavy atom. The third-order valence-corrected chi connectivity index (χ3v) is 2.83. The van der Waals surface area contributed by atoms with Crippen LogP contribution >= 0.6 is 11.8 Å². The number of hydrogen-bond donors (Lipinski definition) is 0. The first-order valence-electron chi connectivity index (χ1n) is 4.86. The summed E-state index contributed by atoms with van der Waals surface area (Å²) < 4.78 is 9.86. The van der Waals surface area contributed by atoms with Gasteiger partial charge in [0.15, 0.2) is 5.16 Å². The summed E-state index contributed by atoms with van der Waals surface area (Å²) in [6, 6.07) is 5.09. The van der Waals surface area contributed by atoms with Crippen LogP contribution in [0.3, 0.4) is 0 Å². The fourth-order valence-corrected chi connectivity index (χ4v) is 1.86. The molecule has 2 aromatic rings. The lowest BCUT2D eigenvalue weighted by Gasteiger charge is -1.96. The van der Waals surface area contributed by atoms with Crippen LogP contribution in [0.1, 0.15) is 16.3 Å². The molecule has 17 heavy (non-hydrogen) atoms. The predicted octanol–water partition coefficient (Wildman–Crippen LogP) is 2.15. The molecule has 0 bridgehead atoms. The van der Waals surface area contributed by atoms with Gasteiger partial charge < -0.3 is 9.15 Å². The van der Waals surface area contributed by atoms with Crippen LogP contribution in [-0.2, 0) is 10.5 Å². The number of aromatic nitrogens is 2. The lowest BCUT2D eigenvalue weighted by molar-refractivity contribution is 0.0563. The highest BCUT2D eigenvalue weighted by Crippen LogP contribution is 2.20. The molecule has 2 aromatic heterocycles. The average Bonchev–Trinajstić information content (AvgIpc) is 2.85. The van der Waals surface area contributed by atoms with Crippen LogP contribution in [0.15, 0.2) is 40.2 Å². The van der Waals surface area contributed by atoms with Crippen LogP contribution < -0.4 is 0 Å². The minimum atomic E-state index is -0.475. The molecule has 0 amide bonds. The second-order valence-electron chi connectivity index (χ2n) is 3.08. The minimum Gasteiger partial charge on any atom is -0.463 e. The first-order chi connectivity index (χ1) is 8.29. The lowest BCUT2D eigenvalue weighted by Crippen LogP contribution is -1.98. The fraction of sp³-hybridized carbons (Fsp3) is 0.182. The number of carbonyl (C=O) groups excluding carboxylic acids is 1. The smallest absolute Gasteiger partial charge is 0.373 e. The molecule has 0 unspecified atom stereocenters. The van der Waals surface area contributed by atoms with Crippen molar-refractivity contribution < 1.29 is 13.9 Å². The van der Waals surface area contributed by atoms with Gasteiger partial charge in [0.25, 0.3) is 0 Å². The Morgan fingerprint density at radius 3 is 2.88 bits per heavy atom. The molecule has 0 aromatic carbocycles. The summed E-state index contributed by atoms with van der Waals surface area (Å²) in [7, 11) is 1.32. The van der Waals surface area contributed by atoms with Gasteiger partial charge in [0.1, 0.15) is 5.76 Å². The summed E-state index contributed by atoms with van der Waals surface area (Å²) in [5.41, 5.74) is 0. The molecular formula is C11H10N2O3S. The Hall–Kier alpha value is -1.82. The van der Waals surface area contributed by atoms with E-state index < -0.39 is 5.97 Å². The summed E-state index contributed by atoms with van der Waals surface area (Å²) in [6.07, 6.45) is 3.36. The van der Waals surface area contributed by atoms with E-state index in [1.54, 1.807) is 30.6 Å². The molecule has 0 fully saturated rings. The van der Waals surface area contributed by atoms with E-state index in [2.05, 4.69) is 14.7 Å². The van der Waals surface area contributed by atoms with E-state index in [1.165, 1.54) is 18.9 Å². The van der Waals surface area contributed by atoms with Gasteiger partial charge in [-0.1, -0.05) is 11.8 Å². The van der Waals surface area contributed by atoms with Crippen LogP contribution in [0.25, 0.3) is 0 Å². The number of hydrogen-bond acceptors (Lipinski definition) is 6. The van der Waals surface area contributed by atoms with E-state index in [4.69, 9.17) is 4.42 Å². The van der Waals surface area contributed by atoms with Crippen LogP contribution in [0.2, 0.25) is 0 Å². The zero-order valence-electron chi connectivity index (χ0n) is 9.12. The Labute approximate surface area is 102 Å². The zero-order valence-corrected chi connectivity index (χ0v) is 9.94. The quantitative estimate of drug-likeness (QED) is 0.470. The standard InChI is InChI=1S/C11H10N2O3S/c1-15-10(14)9-4-3-8(16-9)7-17-11-12-5-2-6-13-11/h2-6H,7H2,1H3. The van der Waals surface area contributed by atoms with Gasteiger partial charge in [-0.3, -0.25) is 0 Å². The number of ether oxygens (including phenoxy) is 1. The second-order valence-corrected chi connectivity index (χ2v) is 4.02. The van der Waals surface area contributed by atoms with Gasteiger partial charge >= 0.3 is 5.97 Å². The molecule has 0 spiro atoms. The number of thioether (sulfide) groups is 1. The molecule has 6 heteroatoms. The van der Waals surface area contributed by atoms with Gasteiger partial charge in [-0.2, -0.15) is 0 Å². The lowest BCUT2D eigenvalue weighted by atomic mass is 10.4. The van der Waals surface area contributed by atoms with Crippen molar-refractivity contribution in [3.8, 4) is 0 Å². The molecule has 2 heterocycles. The van der Waals surface area contributed by atoms with Crippen LogP contribution in [0.4, 0.5) is 0 Å². The first kappa shape index (κ1) is 11.7. The van der Waals surface area contributed by atoms with E-state index >= 15 is 0 Å². The van der Waals surface area contributed by atoms with Crippen LogP contribution in [0, 0.1) is 0 Å². The van der Waals surface area contributed by atoms with Crippen molar-refractivity contribution in [3.63, 3.8) is 0 Å². The summed E-state index contributed by atoms with van der Waals surface area (Å²) in [6.45, 7) is 0. The summed E-state index contributed by atoms with van der Waals surface area (Å²) >= 11 is 1.44. The summed E-state index contributed by atoms with van der Waals surface area (Å²) in [5, 5.41) is 0.670. The van der Waals surface area contributed by atoms with Gasteiger partial charge in [0.2, 0.25) is 5.76 Å². The van der Waals surface area contributed by atoms with Crippen molar-refractivity contribution in [2.75, 3.05) is 7.11 Å². The second kappa shape index (κ2) is 5.49. The maximum absolute atomic E-state index is 11.2. The van der Waals surface area contributed by atoms with Crippen molar-refractivity contribution in [1.82, 2.24) is 9.97 Å². The highest BCUT2D eigenvalue weighted by molar-refractivity contribution is 7.98. The van der Waals surface area contributed by atoms with Crippen LogP contribution in [0.5, 0.6) is 0 Å². The van der Waals surface area contributed by atoms with E-state index in [0.717, 1.165) is 0 Å². The minimum absolute atomic E-state index is 0.206. The highest BCUT2D eigenvalue weighted by Gasteiger charge is 2.11. The van der Waals surface area contributed by atoms with Gasteiger partial charge in [-0.05, 0) is 18.2 Å². The van der Waals surface area contributed by atoms with Crippen molar-refractivity contribution in [3.05, 3.63) is 42.1 Å². The van der Waals surface area contributed by atoms with E-state index in [-0.39, 0.29) is 5.76 Å². The van der Waals surface area contributed by atoms with Gasteiger partial charge in [-0.25, -0.2) is 14.8 Å². The van der Waals surface area contributed by atoms with Crippen molar-refractivity contribution in [2.24, 2.45) is 0 Å². The first-order valence-corrected chi connectivity index (χ1v) is 5.85. The predicted molar refractivity (Wildman–Crippen MR) is 61.6 cm³/mol. The number of esters is 1. The molecule has 0 aliphatic rings. The maximum Gasteiger partial charge on any atom is 0.373 e. The molecule has 0 saturated heterocycles. The van der Waals surface area contributed by atoms with Crippen molar-refractivity contribution >= 4 is 17.7 Å². The van der Waals surface area contributed by atoms with Crippen LogP contribution in [-0.4, -0.2) is 23.0 Å². The van der Waals surface area contributed by atoms with E-state index in [0.29, 0.717) is 16.7 Å². The Kier molecular flexibility index (Phi) is 3.77. The molecular weight excluding hydrogens is 240 g/mol. The number of furan rings is 1. The third kappa shape index (κ3) is 3.07. The molecule has 2 rings (SSSR count).